The van der Waals surface area contributed by atoms with Crippen molar-refractivity contribution in [2.75, 3.05) is 13.6 Å². The topological polar surface area (TPSA) is 119 Å². The van der Waals surface area contributed by atoms with Crippen LogP contribution >= 0.6 is 11.9 Å². The zero-order valence-electron chi connectivity index (χ0n) is 24.7. The van der Waals surface area contributed by atoms with Crippen molar-refractivity contribution in [3.8, 4) is 11.3 Å². The van der Waals surface area contributed by atoms with Crippen molar-refractivity contribution in [3.63, 3.8) is 0 Å². The van der Waals surface area contributed by atoms with Crippen LogP contribution in [0.4, 0.5) is 0 Å². The fraction of sp³-hybridized carbons (Fsp3) is 0.438. The molecule has 0 aliphatic heterocycles. The number of aromatic nitrogens is 1. The maximum Gasteiger partial charge on any atom is 0.287 e. The van der Waals surface area contributed by atoms with Gasteiger partial charge in [-0.2, -0.15) is 0 Å². The number of Topliss-reactive ketones (excluding diaryl/α,β-unsaturated/α-hetero) is 1. The highest BCUT2D eigenvalue weighted by Gasteiger charge is 2.17. The van der Waals surface area contributed by atoms with Crippen LogP contribution < -0.4 is 11.1 Å². The Balaban J connectivity index is 0.000000249. The number of amides is 2. The molecule has 2 amide bonds. The minimum atomic E-state index is -0.740. The fourth-order valence-electron chi connectivity index (χ4n) is 3.85. The Kier molecular flexibility index (Phi) is 15.5. The molecule has 1 fully saturated rings. The van der Waals surface area contributed by atoms with E-state index < -0.39 is 17.9 Å². The lowest BCUT2D eigenvalue weighted by Crippen LogP contribution is -2.42. The van der Waals surface area contributed by atoms with E-state index in [4.69, 9.17) is 10.2 Å². The molecule has 222 valence electrons. The number of benzene rings is 1. The number of unbranched alkanes of at least 4 members (excludes halogenated alkanes) is 1. The Morgan fingerprint density at radius 1 is 1.02 bits per heavy atom. The van der Waals surface area contributed by atoms with Gasteiger partial charge in [-0.1, -0.05) is 81.3 Å². The van der Waals surface area contributed by atoms with Crippen LogP contribution in [0.15, 0.2) is 70.2 Å². The van der Waals surface area contributed by atoms with Gasteiger partial charge in [0.25, 0.3) is 5.91 Å². The number of primary amides is 1. The van der Waals surface area contributed by atoms with Gasteiger partial charge in [0, 0.05) is 18.2 Å². The van der Waals surface area contributed by atoms with Gasteiger partial charge in [-0.25, -0.2) is 9.29 Å². The monoisotopic (exact) mass is 580 g/mol. The Hall–Kier alpha value is -3.43. The summed E-state index contributed by atoms with van der Waals surface area (Å²) >= 11 is 1.51. The molecule has 3 aromatic rings. The Labute approximate surface area is 248 Å². The summed E-state index contributed by atoms with van der Waals surface area (Å²) in [7, 11) is 1.92. The number of nitrogens with one attached hydrogen (secondary N) is 1. The molecule has 0 saturated heterocycles. The summed E-state index contributed by atoms with van der Waals surface area (Å²) in [6.45, 7) is 6.10. The van der Waals surface area contributed by atoms with Crippen molar-refractivity contribution in [3.05, 3.63) is 72.1 Å². The normalized spacial score (nSPS) is 12.9. The number of ketones is 1. The Morgan fingerprint density at radius 3 is 2.24 bits per heavy atom. The predicted octanol–water partition coefficient (Wildman–Crippen LogP) is 6.59. The zero-order chi connectivity index (χ0) is 30.0. The lowest BCUT2D eigenvalue weighted by Gasteiger charge is -2.13. The first-order valence-electron chi connectivity index (χ1n) is 14.3. The number of nitrogens with two attached hydrogens (primary N) is 1. The van der Waals surface area contributed by atoms with E-state index in [2.05, 4.69) is 17.2 Å². The van der Waals surface area contributed by atoms with E-state index in [0.29, 0.717) is 24.5 Å². The van der Waals surface area contributed by atoms with Gasteiger partial charge in [0.1, 0.15) is 22.6 Å². The van der Waals surface area contributed by atoms with Crippen molar-refractivity contribution in [2.45, 2.75) is 83.2 Å². The summed E-state index contributed by atoms with van der Waals surface area (Å²) < 4.78 is 7.42. The molecule has 1 aliphatic rings. The molecule has 1 atom stereocenters. The summed E-state index contributed by atoms with van der Waals surface area (Å²) in [5.41, 5.74) is 7.12. The van der Waals surface area contributed by atoms with Gasteiger partial charge in [0.2, 0.25) is 5.91 Å². The van der Waals surface area contributed by atoms with Crippen LogP contribution in [-0.2, 0) is 9.59 Å². The molecule has 8 nitrogen and oxygen atoms in total. The number of hydrogen-bond donors (Lipinski definition) is 2. The fourth-order valence-corrected chi connectivity index (χ4v) is 4.63. The number of nitrogens with zero attached hydrogens (tertiary/aromatic N) is 2. The van der Waals surface area contributed by atoms with Gasteiger partial charge in [-0.15, -0.1) is 0 Å². The summed E-state index contributed by atoms with van der Waals surface area (Å²) in [6, 6.07) is 16.1. The summed E-state index contributed by atoms with van der Waals surface area (Å²) in [4.78, 5) is 38.5. The SMILES string of the molecule is C1CCCC1.CCCCC(=O)CN(C)Sc1ccccn1.Cc1ccc(-c2ccc(C(=O)NC(C)C(N)=O)o2)cc1. The molecule has 41 heavy (non-hydrogen) atoms. The van der Waals surface area contributed by atoms with E-state index in [1.807, 2.05) is 60.7 Å². The predicted molar refractivity (Wildman–Crippen MR) is 165 cm³/mol. The quantitative estimate of drug-likeness (QED) is 0.246. The number of pyridine rings is 1. The second kappa shape index (κ2) is 18.8. The van der Waals surface area contributed by atoms with E-state index in [1.54, 1.807) is 18.3 Å². The zero-order valence-corrected chi connectivity index (χ0v) is 25.5. The molecular formula is C32H44N4O4S. The van der Waals surface area contributed by atoms with Gasteiger partial charge < -0.3 is 15.5 Å². The standard InChI is InChI=1S/C15H16N2O3.C12H18N2OS.C5H10/c1-9-3-5-11(6-4-9)12-7-8-13(20-12)15(19)17-10(2)14(16)18;1-3-4-7-11(15)10-14(2)16-12-8-5-6-9-13-12;1-2-4-5-3-1/h3-8,10H,1-2H3,(H2,16,18)(H,17,19);5-6,8-9H,3-4,7,10H2,1-2H3;1-5H2. The molecule has 1 aromatic carbocycles. The molecule has 2 heterocycles. The highest BCUT2D eigenvalue weighted by molar-refractivity contribution is 7.97. The van der Waals surface area contributed by atoms with Crippen LogP contribution in [0, 0.1) is 6.92 Å². The first-order chi connectivity index (χ1) is 19.7. The van der Waals surface area contributed by atoms with Crippen molar-refractivity contribution in [1.82, 2.24) is 14.6 Å². The first kappa shape index (κ1) is 33.8. The summed E-state index contributed by atoms with van der Waals surface area (Å²) in [6.07, 6.45) is 12.0. The third-order valence-electron chi connectivity index (χ3n) is 6.29. The maximum absolute atomic E-state index is 11.8. The molecule has 0 radical (unpaired) electrons. The van der Waals surface area contributed by atoms with Gasteiger partial charge >= 0.3 is 0 Å². The molecule has 1 saturated carbocycles. The van der Waals surface area contributed by atoms with Crippen molar-refractivity contribution >= 4 is 29.5 Å². The molecule has 0 bridgehead atoms. The Morgan fingerprint density at radius 2 is 1.68 bits per heavy atom. The van der Waals surface area contributed by atoms with Crippen molar-refractivity contribution in [1.29, 1.82) is 0 Å². The largest absolute Gasteiger partial charge is 0.451 e. The average molecular weight is 581 g/mol. The van der Waals surface area contributed by atoms with Gasteiger partial charge in [-0.05, 0) is 63.5 Å². The first-order valence-corrected chi connectivity index (χ1v) is 15.1. The van der Waals surface area contributed by atoms with Crippen molar-refractivity contribution < 1.29 is 18.8 Å². The lowest BCUT2D eigenvalue weighted by atomic mass is 10.1. The molecule has 9 heteroatoms. The van der Waals surface area contributed by atoms with Crippen LogP contribution in [0.2, 0.25) is 0 Å². The Bertz CT molecular complexity index is 1190. The number of carbonyl (C=O) groups is 3. The molecule has 1 unspecified atom stereocenters. The number of rotatable bonds is 11. The summed E-state index contributed by atoms with van der Waals surface area (Å²) in [5, 5.41) is 3.39. The highest BCUT2D eigenvalue weighted by atomic mass is 32.2. The van der Waals surface area contributed by atoms with Crippen LogP contribution in [0.1, 0.15) is 81.3 Å². The number of likely N-dealkylation sites (N-methyl/N-ethyl adjacent to an activating group) is 1. The molecule has 0 spiro atoms. The molecule has 1 aliphatic carbocycles. The second-order valence-electron chi connectivity index (χ2n) is 10.1. The van der Waals surface area contributed by atoms with Crippen LogP contribution in [-0.4, -0.2) is 46.5 Å². The average Bonchev–Trinajstić information content (AvgIpc) is 3.69. The minimum Gasteiger partial charge on any atom is -0.451 e. The van der Waals surface area contributed by atoms with E-state index in [1.165, 1.54) is 51.0 Å². The van der Waals surface area contributed by atoms with Gasteiger partial charge in [0.05, 0.1) is 6.54 Å². The summed E-state index contributed by atoms with van der Waals surface area (Å²) in [5.74, 6) is -0.0124. The van der Waals surface area contributed by atoms with Crippen LogP contribution in [0.25, 0.3) is 11.3 Å². The third-order valence-corrected chi connectivity index (χ3v) is 7.15. The minimum absolute atomic E-state index is 0.147. The molecule has 2 aromatic heterocycles. The second-order valence-corrected chi connectivity index (χ2v) is 11.3. The molecule has 4 rings (SSSR count). The highest BCUT2D eigenvalue weighted by Crippen LogP contribution is 2.22. The molecular weight excluding hydrogens is 536 g/mol. The van der Waals surface area contributed by atoms with E-state index >= 15 is 0 Å². The number of hydrogen-bond acceptors (Lipinski definition) is 7. The van der Waals surface area contributed by atoms with Crippen molar-refractivity contribution in [2.24, 2.45) is 5.73 Å². The van der Waals surface area contributed by atoms with E-state index in [9.17, 15) is 14.4 Å². The third kappa shape index (κ3) is 13.7. The number of furan rings is 1. The van der Waals surface area contributed by atoms with E-state index in [-0.39, 0.29) is 5.76 Å². The number of aryl methyl sites for hydroxylation is 1. The van der Waals surface area contributed by atoms with E-state index in [0.717, 1.165) is 29.0 Å². The van der Waals surface area contributed by atoms with Gasteiger partial charge in [-0.3, -0.25) is 14.4 Å². The maximum atomic E-state index is 11.8. The lowest BCUT2D eigenvalue weighted by molar-refractivity contribution is -0.120. The van der Waals surface area contributed by atoms with Gasteiger partial charge in [0.15, 0.2) is 5.76 Å². The van der Waals surface area contributed by atoms with Crippen LogP contribution in [0.5, 0.6) is 0 Å². The number of carbonyl (C=O) groups excluding carboxylic acids is 3. The smallest absolute Gasteiger partial charge is 0.287 e. The molecule has 3 N–H and O–H groups in total. The van der Waals surface area contributed by atoms with Crippen LogP contribution in [0.3, 0.4) is 0 Å².